The van der Waals surface area contributed by atoms with Crippen molar-refractivity contribution in [1.82, 2.24) is 4.90 Å². The highest BCUT2D eigenvalue weighted by Gasteiger charge is 2.17. The normalized spacial score (nSPS) is 12.6. The SMILES string of the molecule is CC.CCCC=CO.CO.O=C(OCc1ccccc1)N1CCCCC1. The summed E-state index contributed by atoms with van der Waals surface area (Å²) in [6.07, 6.45) is 8.16. The van der Waals surface area contributed by atoms with Crippen molar-refractivity contribution in [3.05, 3.63) is 48.2 Å². The number of piperidine rings is 1. The lowest BCUT2D eigenvalue weighted by Crippen LogP contribution is -2.35. The zero-order valence-electron chi connectivity index (χ0n) is 16.9. The van der Waals surface area contributed by atoms with Crippen LogP contribution in [0, 0.1) is 0 Å². The van der Waals surface area contributed by atoms with Crippen molar-refractivity contribution < 1.29 is 19.7 Å². The van der Waals surface area contributed by atoms with E-state index in [2.05, 4.69) is 6.92 Å². The Morgan fingerprint density at radius 3 is 2.15 bits per heavy atom. The standard InChI is InChI=1S/C13H17NO2.C5H10O.C2H6.CH4O/c15-13(14-9-5-2-6-10-14)16-11-12-7-3-1-4-8-12;1-2-3-4-5-6;2*1-2/h1,3-4,7-8H,2,5-6,9-11H2;4-6H,2-3H2,1H3;1-2H3;2H,1H3. The van der Waals surface area contributed by atoms with Gasteiger partial charge in [0.25, 0.3) is 0 Å². The van der Waals surface area contributed by atoms with E-state index in [1.54, 1.807) is 11.0 Å². The van der Waals surface area contributed by atoms with Crippen molar-refractivity contribution in [2.75, 3.05) is 20.2 Å². The molecule has 1 aliphatic rings. The average molecular weight is 368 g/mol. The van der Waals surface area contributed by atoms with Gasteiger partial charge in [-0.05, 0) is 31.2 Å². The summed E-state index contributed by atoms with van der Waals surface area (Å²) in [7, 11) is 1.00. The molecule has 150 valence electrons. The van der Waals surface area contributed by atoms with Crippen LogP contribution in [0.15, 0.2) is 42.7 Å². The molecule has 1 heterocycles. The molecule has 5 nitrogen and oxygen atoms in total. The second-order valence-corrected chi connectivity index (χ2v) is 5.26. The van der Waals surface area contributed by atoms with Gasteiger partial charge in [0.15, 0.2) is 0 Å². The molecule has 0 unspecified atom stereocenters. The van der Waals surface area contributed by atoms with Gasteiger partial charge < -0.3 is 19.8 Å². The summed E-state index contributed by atoms with van der Waals surface area (Å²) < 4.78 is 5.25. The summed E-state index contributed by atoms with van der Waals surface area (Å²) in [4.78, 5) is 13.5. The maximum Gasteiger partial charge on any atom is 0.410 e. The van der Waals surface area contributed by atoms with Crippen molar-refractivity contribution >= 4 is 6.09 Å². The molecule has 1 aromatic rings. The predicted molar refractivity (Wildman–Crippen MR) is 108 cm³/mol. The van der Waals surface area contributed by atoms with Crippen molar-refractivity contribution in [1.29, 1.82) is 0 Å². The van der Waals surface area contributed by atoms with Crippen LogP contribution in [0.3, 0.4) is 0 Å². The van der Waals surface area contributed by atoms with Crippen LogP contribution in [0.25, 0.3) is 0 Å². The first-order valence-corrected chi connectivity index (χ1v) is 9.47. The molecule has 1 aromatic carbocycles. The Hall–Kier alpha value is -2.01. The highest BCUT2D eigenvalue weighted by atomic mass is 16.6. The summed E-state index contributed by atoms with van der Waals surface area (Å²) in [5.74, 6) is 0. The summed E-state index contributed by atoms with van der Waals surface area (Å²) in [6.45, 7) is 8.12. The van der Waals surface area contributed by atoms with E-state index in [-0.39, 0.29) is 6.09 Å². The van der Waals surface area contributed by atoms with Crippen LogP contribution in [-0.4, -0.2) is 41.4 Å². The van der Waals surface area contributed by atoms with E-state index in [0.29, 0.717) is 6.61 Å². The average Bonchev–Trinajstić information content (AvgIpc) is 2.75. The molecular weight excluding hydrogens is 330 g/mol. The van der Waals surface area contributed by atoms with Gasteiger partial charge in [0.2, 0.25) is 0 Å². The van der Waals surface area contributed by atoms with Crippen LogP contribution in [-0.2, 0) is 11.3 Å². The van der Waals surface area contributed by atoms with Gasteiger partial charge in [0, 0.05) is 20.2 Å². The van der Waals surface area contributed by atoms with E-state index < -0.39 is 0 Å². The molecule has 1 aliphatic heterocycles. The Bertz CT molecular complexity index is 429. The molecule has 1 fully saturated rings. The van der Waals surface area contributed by atoms with Crippen LogP contribution in [0.1, 0.15) is 58.4 Å². The first-order chi connectivity index (χ1) is 12.8. The second-order valence-electron chi connectivity index (χ2n) is 5.26. The molecule has 1 amide bonds. The summed E-state index contributed by atoms with van der Waals surface area (Å²) >= 11 is 0. The maximum atomic E-state index is 11.7. The topological polar surface area (TPSA) is 70.0 Å². The lowest BCUT2D eigenvalue weighted by Gasteiger charge is -2.25. The van der Waals surface area contributed by atoms with Crippen molar-refractivity contribution in [2.45, 2.75) is 59.5 Å². The highest BCUT2D eigenvalue weighted by molar-refractivity contribution is 5.67. The third-order valence-corrected chi connectivity index (χ3v) is 3.38. The van der Waals surface area contributed by atoms with Crippen LogP contribution in [0.4, 0.5) is 4.79 Å². The van der Waals surface area contributed by atoms with Crippen LogP contribution >= 0.6 is 0 Å². The number of hydrogen-bond donors (Lipinski definition) is 2. The minimum absolute atomic E-state index is 0.177. The third-order valence-electron chi connectivity index (χ3n) is 3.38. The predicted octanol–water partition coefficient (Wildman–Crippen LogP) is 5.30. The number of rotatable bonds is 4. The van der Waals surface area contributed by atoms with Gasteiger partial charge in [0.1, 0.15) is 6.61 Å². The van der Waals surface area contributed by atoms with Gasteiger partial charge in [-0.1, -0.05) is 63.6 Å². The van der Waals surface area contributed by atoms with E-state index >= 15 is 0 Å². The Labute approximate surface area is 159 Å². The van der Waals surface area contributed by atoms with Gasteiger partial charge in [-0.2, -0.15) is 0 Å². The number of benzene rings is 1. The van der Waals surface area contributed by atoms with E-state index in [0.717, 1.165) is 57.7 Å². The summed E-state index contributed by atoms with van der Waals surface area (Å²) in [5, 5.41) is 15.0. The van der Waals surface area contributed by atoms with Crippen LogP contribution in [0.2, 0.25) is 0 Å². The zero-order valence-corrected chi connectivity index (χ0v) is 16.9. The molecule has 0 saturated carbocycles. The Morgan fingerprint density at radius 2 is 1.69 bits per heavy atom. The Morgan fingerprint density at radius 1 is 1.12 bits per heavy atom. The fourth-order valence-corrected chi connectivity index (χ4v) is 2.13. The largest absolute Gasteiger partial charge is 0.516 e. The van der Waals surface area contributed by atoms with Gasteiger partial charge in [-0.25, -0.2) is 4.79 Å². The monoisotopic (exact) mass is 367 g/mol. The molecule has 1 saturated heterocycles. The first-order valence-electron chi connectivity index (χ1n) is 9.47. The number of allylic oxidation sites excluding steroid dienone is 1. The number of likely N-dealkylation sites (tertiary alicyclic amines) is 1. The van der Waals surface area contributed by atoms with E-state index in [1.807, 2.05) is 44.2 Å². The molecule has 5 heteroatoms. The molecule has 0 aromatic heterocycles. The fourth-order valence-electron chi connectivity index (χ4n) is 2.13. The Balaban J connectivity index is 0. The van der Waals surface area contributed by atoms with Gasteiger partial charge in [-0.15, -0.1) is 0 Å². The number of ether oxygens (including phenoxy) is 1. The maximum absolute atomic E-state index is 11.7. The number of carbonyl (C=O) groups is 1. The molecule has 2 rings (SSSR count). The van der Waals surface area contributed by atoms with Crippen LogP contribution in [0.5, 0.6) is 0 Å². The first kappa shape index (κ1) is 26.2. The molecule has 0 aliphatic carbocycles. The zero-order chi connectivity index (χ0) is 20.0. The van der Waals surface area contributed by atoms with Gasteiger partial charge >= 0.3 is 6.09 Å². The molecule has 0 radical (unpaired) electrons. The minimum atomic E-state index is -0.177. The molecule has 0 spiro atoms. The van der Waals surface area contributed by atoms with Gasteiger partial charge in [-0.3, -0.25) is 0 Å². The van der Waals surface area contributed by atoms with Crippen molar-refractivity contribution in [3.63, 3.8) is 0 Å². The molecular formula is C21H37NO4. The Kier molecular flexibility index (Phi) is 21.2. The number of unbranched alkanes of at least 4 members (excludes halogenated alkanes) is 1. The second kappa shape index (κ2) is 21.0. The van der Waals surface area contributed by atoms with Crippen LogP contribution < -0.4 is 0 Å². The molecule has 0 bridgehead atoms. The molecule has 26 heavy (non-hydrogen) atoms. The smallest absolute Gasteiger partial charge is 0.410 e. The number of hydrogen-bond acceptors (Lipinski definition) is 4. The lowest BCUT2D eigenvalue weighted by atomic mass is 10.1. The fraction of sp³-hybridized carbons (Fsp3) is 0.571. The highest BCUT2D eigenvalue weighted by Crippen LogP contribution is 2.11. The molecule has 2 N–H and O–H groups in total. The number of amides is 1. The van der Waals surface area contributed by atoms with Crippen molar-refractivity contribution in [3.8, 4) is 0 Å². The number of nitrogens with zero attached hydrogens (tertiary/aromatic N) is 1. The number of carbonyl (C=O) groups excluding carboxylic acids is 1. The summed E-state index contributed by atoms with van der Waals surface area (Å²) in [6, 6.07) is 9.77. The van der Waals surface area contributed by atoms with E-state index in [9.17, 15) is 4.79 Å². The van der Waals surface area contributed by atoms with Crippen molar-refractivity contribution in [2.24, 2.45) is 0 Å². The van der Waals surface area contributed by atoms with E-state index in [4.69, 9.17) is 14.9 Å². The quantitative estimate of drug-likeness (QED) is 0.708. The number of aliphatic hydroxyl groups is 2. The molecule has 0 atom stereocenters. The minimum Gasteiger partial charge on any atom is -0.516 e. The van der Waals surface area contributed by atoms with E-state index in [1.165, 1.54) is 6.42 Å². The summed E-state index contributed by atoms with van der Waals surface area (Å²) in [5.41, 5.74) is 1.04. The van der Waals surface area contributed by atoms with Gasteiger partial charge in [0.05, 0.1) is 6.26 Å². The third kappa shape index (κ3) is 14.3. The number of aliphatic hydroxyl groups excluding tert-OH is 2. The lowest BCUT2D eigenvalue weighted by molar-refractivity contribution is 0.0894.